The molecule has 2 aromatic rings. The molecule has 0 spiro atoms. The van der Waals surface area contributed by atoms with E-state index < -0.39 is 6.10 Å². The Labute approximate surface area is 112 Å². The number of rotatable bonds is 4. The lowest BCUT2D eigenvalue weighted by molar-refractivity contribution is 0.189. The van der Waals surface area contributed by atoms with Crippen molar-refractivity contribution in [1.29, 1.82) is 0 Å². The third kappa shape index (κ3) is 3.32. The minimum absolute atomic E-state index is 0.260. The topological polar surface area (TPSA) is 29.5 Å². The van der Waals surface area contributed by atoms with Crippen molar-refractivity contribution in [2.24, 2.45) is 0 Å². The largest absolute Gasteiger partial charge is 0.488 e. The second-order valence-corrected chi connectivity index (χ2v) is 4.58. The van der Waals surface area contributed by atoms with E-state index in [4.69, 9.17) is 4.74 Å². The van der Waals surface area contributed by atoms with E-state index in [9.17, 15) is 9.50 Å². The summed E-state index contributed by atoms with van der Waals surface area (Å²) in [4.78, 5) is 0. The number of halogens is 1. The zero-order valence-corrected chi connectivity index (χ0v) is 11.1. The van der Waals surface area contributed by atoms with Gasteiger partial charge >= 0.3 is 0 Å². The predicted octanol–water partition coefficient (Wildman–Crippen LogP) is 3.77. The maximum atomic E-state index is 12.8. The van der Waals surface area contributed by atoms with Crippen LogP contribution in [0.25, 0.3) is 0 Å². The molecular weight excluding hydrogens is 243 g/mol. The average Bonchev–Trinajstić information content (AvgIpc) is 2.39. The molecule has 100 valence electrons. The summed E-state index contributed by atoms with van der Waals surface area (Å²) in [6.45, 7) is 4.00. The third-order valence-corrected chi connectivity index (χ3v) is 2.99. The van der Waals surface area contributed by atoms with Crippen molar-refractivity contribution in [1.82, 2.24) is 0 Å². The number of ether oxygens (including phenoxy) is 1. The van der Waals surface area contributed by atoms with Gasteiger partial charge in [0.15, 0.2) is 0 Å². The van der Waals surface area contributed by atoms with E-state index in [-0.39, 0.29) is 5.82 Å². The van der Waals surface area contributed by atoms with Gasteiger partial charge in [0.05, 0.1) is 6.10 Å². The minimum Gasteiger partial charge on any atom is -0.488 e. The van der Waals surface area contributed by atoms with E-state index in [0.717, 1.165) is 16.7 Å². The lowest BCUT2D eigenvalue weighted by atomic mass is 10.1. The molecule has 2 rings (SSSR count). The Bertz CT molecular complexity index is 547. The molecule has 1 N–H and O–H groups in total. The van der Waals surface area contributed by atoms with E-state index >= 15 is 0 Å². The van der Waals surface area contributed by atoms with Crippen LogP contribution in [-0.4, -0.2) is 5.11 Å². The number of aryl methyl sites for hydroxylation is 1. The first-order valence-corrected chi connectivity index (χ1v) is 6.22. The molecule has 0 radical (unpaired) electrons. The zero-order chi connectivity index (χ0) is 13.8. The Morgan fingerprint density at radius 3 is 2.47 bits per heavy atom. The Morgan fingerprint density at radius 1 is 1.16 bits per heavy atom. The fraction of sp³-hybridized carbons (Fsp3) is 0.250. The quantitative estimate of drug-likeness (QED) is 0.906. The molecule has 19 heavy (non-hydrogen) atoms. The smallest absolute Gasteiger partial charge is 0.128 e. The van der Waals surface area contributed by atoms with Gasteiger partial charge in [-0.1, -0.05) is 30.3 Å². The van der Waals surface area contributed by atoms with Crippen LogP contribution < -0.4 is 4.74 Å². The average molecular weight is 260 g/mol. The minimum atomic E-state index is -0.580. The van der Waals surface area contributed by atoms with Crippen LogP contribution in [0.4, 0.5) is 4.39 Å². The molecule has 2 aromatic carbocycles. The summed E-state index contributed by atoms with van der Waals surface area (Å²) >= 11 is 0. The molecule has 2 nitrogen and oxygen atoms in total. The van der Waals surface area contributed by atoms with Crippen molar-refractivity contribution in [3.63, 3.8) is 0 Å². The van der Waals surface area contributed by atoms with Gasteiger partial charge < -0.3 is 9.84 Å². The highest BCUT2D eigenvalue weighted by molar-refractivity contribution is 5.42. The standard InChI is InChI=1S/C16H17FO2/c1-11-4-3-5-15(12(2)18)16(11)19-10-13-6-8-14(17)9-7-13/h3-9,12,18H,10H2,1-2H3. The highest BCUT2D eigenvalue weighted by Gasteiger charge is 2.11. The number of para-hydroxylation sites is 1. The molecule has 0 amide bonds. The van der Waals surface area contributed by atoms with Crippen molar-refractivity contribution in [3.8, 4) is 5.75 Å². The maximum absolute atomic E-state index is 12.8. The van der Waals surface area contributed by atoms with Crippen molar-refractivity contribution >= 4 is 0 Å². The van der Waals surface area contributed by atoms with Gasteiger partial charge in [-0.2, -0.15) is 0 Å². The van der Waals surface area contributed by atoms with E-state index in [0.29, 0.717) is 12.4 Å². The normalized spacial score (nSPS) is 12.2. The van der Waals surface area contributed by atoms with Crippen LogP contribution in [0.2, 0.25) is 0 Å². The van der Waals surface area contributed by atoms with Crippen LogP contribution in [0.1, 0.15) is 29.7 Å². The monoisotopic (exact) mass is 260 g/mol. The lowest BCUT2D eigenvalue weighted by Gasteiger charge is -2.15. The molecule has 1 atom stereocenters. The number of aliphatic hydroxyl groups is 1. The Kier molecular flexibility index (Phi) is 4.17. The molecule has 0 heterocycles. The molecule has 0 aliphatic carbocycles. The van der Waals surface area contributed by atoms with Crippen LogP contribution in [0.3, 0.4) is 0 Å². The van der Waals surface area contributed by atoms with E-state index in [1.807, 2.05) is 25.1 Å². The van der Waals surface area contributed by atoms with E-state index in [2.05, 4.69) is 0 Å². The number of aliphatic hydroxyl groups excluding tert-OH is 1. The van der Waals surface area contributed by atoms with Crippen LogP contribution >= 0.6 is 0 Å². The first-order valence-electron chi connectivity index (χ1n) is 6.22. The Hall–Kier alpha value is -1.87. The summed E-state index contributed by atoms with van der Waals surface area (Å²) < 4.78 is 18.6. The molecule has 0 saturated heterocycles. The van der Waals surface area contributed by atoms with Crippen LogP contribution in [-0.2, 0) is 6.61 Å². The fourth-order valence-corrected chi connectivity index (χ4v) is 1.94. The van der Waals surface area contributed by atoms with Gasteiger partial charge in [0.1, 0.15) is 18.2 Å². The van der Waals surface area contributed by atoms with Gasteiger partial charge in [0, 0.05) is 5.56 Å². The van der Waals surface area contributed by atoms with Crippen molar-refractivity contribution in [2.75, 3.05) is 0 Å². The van der Waals surface area contributed by atoms with Gasteiger partial charge in [-0.05, 0) is 37.1 Å². The predicted molar refractivity (Wildman–Crippen MR) is 72.5 cm³/mol. The molecule has 0 aliphatic rings. The first kappa shape index (κ1) is 13.6. The Balaban J connectivity index is 2.17. The van der Waals surface area contributed by atoms with Gasteiger partial charge in [0.2, 0.25) is 0 Å². The van der Waals surface area contributed by atoms with E-state index in [1.165, 1.54) is 12.1 Å². The first-order chi connectivity index (χ1) is 9.08. The van der Waals surface area contributed by atoms with Gasteiger partial charge in [-0.25, -0.2) is 4.39 Å². The molecule has 0 bridgehead atoms. The summed E-state index contributed by atoms with van der Waals surface area (Å²) in [5, 5.41) is 9.73. The summed E-state index contributed by atoms with van der Waals surface area (Å²) in [6, 6.07) is 11.9. The Morgan fingerprint density at radius 2 is 1.84 bits per heavy atom. The van der Waals surface area contributed by atoms with Gasteiger partial charge in [-0.3, -0.25) is 0 Å². The summed E-state index contributed by atoms with van der Waals surface area (Å²) in [5.41, 5.74) is 2.63. The van der Waals surface area contributed by atoms with Gasteiger partial charge in [0.25, 0.3) is 0 Å². The SMILES string of the molecule is Cc1cccc(C(C)O)c1OCc1ccc(F)cc1. The second kappa shape index (κ2) is 5.85. The molecular formula is C16H17FO2. The second-order valence-electron chi connectivity index (χ2n) is 4.58. The highest BCUT2D eigenvalue weighted by Crippen LogP contribution is 2.29. The van der Waals surface area contributed by atoms with Gasteiger partial charge in [-0.15, -0.1) is 0 Å². The van der Waals surface area contributed by atoms with Crippen molar-refractivity contribution in [3.05, 3.63) is 65.0 Å². The zero-order valence-electron chi connectivity index (χ0n) is 11.1. The number of benzene rings is 2. The third-order valence-electron chi connectivity index (χ3n) is 2.99. The van der Waals surface area contributed by atoms with Crippen LogP contribution in [0.15, 0.2) is 42.5 Å². The summed E-state index contributed by atoms with van der Waals surface area (Å²) in [6.07, 6.45) is -0.580. The summed E-state index contributed by atoms with van der Waals surface area (Å²) in [7, 11) is 0. The summed E-state index contributed by atoms with van der Waals surface area (Å²) in [5.74, 6) is 0.436. The van der Waals surface area contributed by atoms with Crippen molar-refractivity contribution in [2.45, 2.75) is 26.6 Å². The lowest BCUT2D eigenvalue weighted by Crippen LogP contribution is -2.02. The fourth-order valence-electron chi connectivity index (χ4n) is 1.94. The highest BCUT2D eigenvalue weighted by atomic mass is 19.1. The maximum Gasteiger partial charge on any atom is 0.128 e. The van der Waals surface area contributed by atoms with Crippen LogP contribution in [0.5, 0.6) is 5.75 Å². The van der Waals surface area contributed by atoms with E-state index in [1.54, 1.807) is 19.1 Å². The molecule has 0 aromatic heterocycles. The number of hydrogen-bond acceptors (Lipinski definition) is 2. The van der Waals surface area contributed by atoms with Crippen molar-refractivity contribution < 1.29 is 14.2 Å². The van der Waals surface area contributed by atoms with Crippen LogP contribution in [0, 0.1) is 12.7 Å². The molecule has 0 fully saturated rings. The molecule has 3 heteroatoms. The molecule has 0 aliphatic heterocycles. The number of hydrogen-bond donors (Lipinski definition) is 1. The molecule has 0 saturated carbocycles. The molecule has 1 unspecified atom stereocenters.